The Kier molecular flexibility index (Phi) is 3.82. The first-order chi connectivity index (χ1) is 9.06. The summed E-state index contributed by atoms with van der Waals surface area (Å²) in [6.45, 7) is 4.64. The van der Waals surface area contributed by atoms with Gasteiger partial charge in [-0.15, -0.1) is 0 Å². The second-order valence-electron chi connectivity index (χ2n) is 4.89. The number of rotatable bonds is 2. The minimum absolute atomic E-state index is 0.142. The fraction of sp³-hybridized carbons (Fsp3) is 0.500. The van der Waals surface area contributed by atoms with E-state index in [2.05, 4.69) is 4.98 Å². The normalized spacial score (nSPS) is 22.3. The largest absolute Gasteiger partial charge is 0.391 e. The van der Waals surface area contributed by atoms with Crippen LogP contribution in [0, 0.1) is 24.2 Å². The maximum absolute atomic E-state index is 12.3. The zero-order valence-corrected chi connectivity index (χ0v) is 11.1. The van der Waals surface area contributed by atoms with Crippen molar-refractivity contribution in [2.45, 2.75) is 26.4 Å². The molecule has 5 nitrogen and oxygen atoms in total. The molecule has 1 aliphatic heterocycles. The van der Waals surface area contributed by atoms with Crippen LogP contribution in [-0.4, -0.2) is 40.1 Å². The molecule has 2 rings (SSSR count). The summed E-state index contributed by atoms with van der Waals surface area (Å²) in [4.78, 5) is 18.1. The van der Waals surface area contributed by atoms with Crippen molar-refractivity contribution in [3.8, 4) is 6.07 Å². The van der Waals surface area contributed by atoms with E-state index >= 15 is 0 Å². The number of aliphatic hydroxyl groups is 1. The van der Waals surface area contributed by atoms with E-state index in [0.717, 1.165) is 6.42 Å². The molecule has 0 saturated carbocycles. The number of nitriles is 1. The van der Waals surface area contributed by atoms with Crippen LogP contribution in [0.15, 0.2) is 12.1 Å². The summed E-state index contributed by atoms with van der Waals surface area (Å²) < 4.78 is 0. The highest BCUT2D eigenvalue weighted by Gasteiger charge is 2.33. The molecule has 19 heavy (non-hydrogen) atoms. The fourth-order valence-electron chi connectivity index (χ4n) is 2.38. The number of pyridine rings is 1. The number of aryl methyl sites for hydroxylation is 1. The van der Waals surface area contributed by atoms with Crippen LogP contribution in [0.5, 0.6) is 0 Å². The topological polar surface area (TPSA) is 77.2 Å². The minimum Gasteiger partial charge on any atom is -0.391 e. The van der Waals surface area contributed by atoms with Crippen molar-refractivity contribution in [1.82, 2.24) is 9.88 Å². The number of carbonyl (C=O) groups excluding carboxylic acids is 1. The number of hydrogen-bond donors (Lipinski definition) is 1. The third-order valence-electron chi connectivity index (χ3n) is 3.64. The third-order valence-corrected chi connectivity index (χ3v) is 3.64. The molecule has 2 heterocycles. The number of carbonyl (C=O) groups is 1. The maximum atomic E-state index is 12.3. The molecule has 1 saturated heterocycles. The molecule has 1 aromatic rings. The molecule has 1 aliphatic rings. The van der Waals surface area contributed by atoms with E-state index in [4.69, 9.17) is 5.26 Å². The van der Waals surface area contributed by atoms with E-state index in [-0.39, 0.29) is 11.8 Å². The van der Waals surface area contributed by atoms with Gasteiger partial charge < -0.3 is 10.0 Å². The molecule has 0 spiro atoms. The highest BCUT2D eigenvalue weighted by molar-refractivity contribution is 5.92. The summed E-state index contributed by atoms with van der Waals surface area (Å²) in [6.07, 6.45) is 0.401. The monoisotopic (exact) mass is 259 g/mol. The molecule has 1 amide bonds. The van der Waals surface area contributed by atoms with Crippen LogP contribution in [-0.2, 0) is 0 Å². The molecule has 1 aromatic heterocycles. The predicted octanol–water partition coefficient (Wildman–Crippen LogP) is 1.10. The molecule has 1 fully saturated rings. The number of nitrogens with zero attached hydrogens (tertiary/aromatic N) is 3. The van der Waals surface area contributed by atoms with Crippen molar-refractivity contribution in [2.75, 3.05) is 13.1 Å². The van der Waals surface area contributed by atoms with Crippen LogP contribution < -0.4 is 0 Å². The summed E-state index contributed by atoms with van der Waals surface area (Å²) in [6, 6.07) is 5.21. The van der Waals surface area contributed by atoms with Gasteiger partial charge in [0.15, 0.2) is 0 Å². The first kappa shape index (κ1) is 13.5. The summed E-state index contributed by atoms with van der Waals surface area (Å²) in [7, 11) is 0. The number of amides is 1. The SMILES string of the molecule is CC[C@@H]1CN(C(=O)c2ccc(C#N)c(C)n2)C[C@H]1O. The lowest BCUT2D eigenvalue weighted by Gasteiger charge is -2.15. The molecular weight excluding hydrogens is 242 g/mol. The van der Waals surface area contributed by atoms with Crippen molar-refractivity contribution < 1.29 is 9.90 Å². The van der Waals surface area contributed by atoms with E-state index in [1.807, 2.05) is 13.0 Å². The molecule has 100 valence electrons. The average Bonchev–Trinajstić information content (AvgIpc) is 2.79. The Morgan fingerprint density at radius 3 is 2.84 bits per heavy atom. The van der Waals surface area contributed by atoms with Gasteiger partial charge in [0.2, 0.25) is 0 Å². The Labute approximate surface area is 112 Å². The smallest absolute Gasteiger partial charge is 0.272 e. The zero-order valence-electron chi connectivity index (χ0n) is 11.1. The van der Waals surface area contributed by atoms with Gasteiger partial charge in [0, 0.05) is 19.0 Å². The lowest BCUT2D eigenvalue weighted by Crippen LogP contribution is -2.30. The highest BCUT2D eigenvalue weighted by atomic mass is 16.3. The van der Waals surface area contributed by atoms with Crippen LogP contribution in [0.3, 0.4) is 0 Å². The lowest BCUT2D eigenvalue weighted by molar-refractivity contribution is 0.0758. The quantitative estimate of drug-likeness (QED) is 0.863. The zero-order chi connectivity index (χ0) is 14.0. The van der Waals surface area contributed by atoms with E-state index < -0.39 is 6.10 Å². The van der Waals surface area contributed by atoms with Crippen molar-refractivity contribution in [2.24, 2.45) is 5.92 Å². The van der Waals surface area contributed by atoms with Gasteiger partial charge >= 0.3 is 0 Å². The standard InChI is InChI=1S/C14H17N3O2/c1-3-10-7-17(8-13(10)18)14(19)12-5-4-11(6-15)9(2)16-12/h4-5,10,13,18H,3,7-8H2,1-2H3/t10-,13-/m1/s1. The van der Waals surface area contributed by atoms with E-state index in [1.165, 1.54) is 0 Å². The number of aliphatic hydroxyl groups excluding tert-OH is 1. The van der Waals surface area contributed by atoms with Crippen molar-refractivity contribution >= 4 is 5.91 Å². The highest BCUT2D eigenvalue weighted by Crippen LogP contribution is 2.21. The molecule has 2 atom stereocenters. The number of β-amino-alcohol motifs (C(OH)–C–C–N with tert-alkyl or cyclic N) is 1. The summed E-state index contributed by atoms with van der Waals surface area (Å²) in [5, 5.41) is 18.7. The van der Waals surface area contributed by atoms with Crippen LogP contribution in [0.4, 0.5) is 0 Å². The van der Waals surface area contributed by atoms with Crippen LogP contribution in [0.2, 0.25) is 0 Å². The van der Waals surface area contributed by atoms with Crippen LogP contribution in [0.1, 0.15) is 35.1 Å². The number of aromatic nitrogens is 1. The van der Waals surface area contributed by atoms with E-state index in [1.54, 1.807) is 24.0 Å². The van der Waals surface area contributed by atoms with Gasteiger partial charge in [-0.3, -0.25) is 4.79 Å². The van der Waals surface area contributed by atoms with Gasteiger partial charge in [0.25, 0.3) is 5.91 Å². The van der Waals surface area contributed by atoms with Gasteiger partial charge in [-0.25, -0.2) is 4.98 Å². The van der Waals surface area contributed by atoms with Gasteiger partial charge in [0.05, 0.1) is 17.4 Å². The number of likely N-dealkylation sites (tertiary alicyclic amines) is 1. The summed E-state index contributed by atoms with van der Waals surface area (Å²) in [5.74, 6) is -0.0361. The third kappa shape index (κ3) is 2.59. The second kappa shape index (κ2) is 5.37. The molecule has 0 aliphatic carbocycles. The second-order valence-corrected chi connectivity index (χ2v) is 4.89. The first-order valence-corrected chi connectivity index (χ1v) is 6.42. The van der Waals surface area contributed by atoms with Crippen LogP contribution >= 0.6 is 0 Å². The van der Waals surface area contributed by atoms with Crippen molar-refractivity contribution in [3.05, 3.63) is 29.1 Å². The molecule has 0 unspecified atom stereocenters. The van der Waals surface area contributed by atoms with Gasteiger partial charge in [-0.2, -0.15) is 5.26 Å². The summed E-state index contributed by atoms with van der Waals surface area (Å²) >= 11 is 0. The Hall–Kier alpha value is -1.93. The van der Waals surface area contributed by atoms with Gasteiger partial charge in [-0.1, -0.05) is 6.92 Å². The molecule has 1 N–H and O–H groups in total. The Morgan fingerprint density at radius 1 is 1.58 bits per heavy atom. The van der Waals surface area contributed by atoms with Gasteiger partial charge in [0.1, 0.15) is 11.8 Å². The van der Waals surface area contributed by atoms with E-state index in [0.29, 0.717) is 30.0 Å². The Balaban J connectivity index is 2.17. The summed E-state index contributed by atoms with van der Waals surface area (Å²) in [5.41, 5.74) is 1.37. The van der Waals surface area contributed by atoms with Crippen LogP contribution in [0.25, 0.3) is 0 Å². The predicted molar refractivity (Wildman–Crippen MR) is 69.4 cm³/mol. The molecular formula is C14H17N3O2. The van der Waals surface area contributed by atoms with Crippen molar-refractivity contribution in [3.63, 3.8) is 0 Å². The molecule has 0 aromatic carbocycles. The first-order valence-electron chi connectivity index (χ1n) is 6.42. The Morgan fingerprint density at radius 2 is 2.32 bits per heavy atom. The fourth-order valence-corrected chi connectivity index (χ4v) is 2.38. The lowest BCUT2D eigenvalue weighted by atomic mass is 10.0. The van der Waals surface area contributed by atoms with Gasteiger partial charge in [-0.05, 0) is 25.5 Å². The average molecular weight is 259 g/mol. The molecule has 0 radical (unpaired) electrons. The van der Waals surface area contributed by atoms with E-state index in [9.17, 15) is 9.90 Å². The maximum Gasteiger partial charge on any atom is 0.272 e. The number of hydrogen-bond acceptors (Lipinski definition) is 4. The minimum atomic E-state index is -0.451. The molecule has 0 bridgehead atoms. The molecule has 5 heteroatoms. The Bertz CT molecular complexity index is 536. The van der Waals surface area contributed by atoms with Crippen molar-refractivity contribution in [1.29, 1.82) is 5.26 Å².